The Bertz CT molecular complexity index is 673. The fraction of sp³-hybridized carbons (Fsp3) is 0.278. The minimum Gasteiger partial charge on any atom is -0.490 e. The van der Waals surface area contributed by atoms with E-state index in [4.69, 9.17) is 9.47 Å². The maximum atomic E-state index is 12.0. The van der Waals surface area contributed by atoms with Crippen LogP contribution in [-0.2, 0) is 4.79 Å². The third-order valence-electron chi connectivity index (χ3n) is 3.13. The summed E-state index contributed by atoms with van der Waals surface area (Å²) in [6.07, 6.45) is 0.265. The van der Waals surface area contributed by atoms with Gasteiger partial charge in [-0.3, -0.25) is 4.79 Å². The highest BCUT2D eigenvalue weighted by Crippen LogP contribution is 2.26. The molecule has 0 aliphatic carbocycles. The lowest BCUT2D eigenvalue weighted by Crippen LogP contribution is -2.15. The van der Waals surface area contributed by atoms with Crippen molar-refractivity contribution in [2.24, 2.45) is 0 Å². The van der Waals surface area contributed by atoms with E-state index in [1.807, 2.05) is 56.3 Å². The van der Waals surface area contributed by atoms with Crippen LogP contribution in [0.1, 0.15) is 18.9 Å². The van der Waals surface area contributed by atoms with Gasteiger partial charge in [0.15, 0.2) is 11.5 Å². The third-order valence-corrected chi connectivity index (χ3v) is 3.79. The van der Waals surface area contributed by atoms with Gasteiger partial charge in [0, 0.05) is 4.47 Å². The average molecular weight is 378 g/mol. The summed E-state index contributed by atoms with van der Waals surface area (Å²) in [6, 6.07) is 13.2. The Balaban J connectivity index is 1.85. The second kappa shape index (κ2) is 8.58. The molecule has 0 radical (unpaired) electrons. The number of carbonyl (C=O) groups is 1. The number of para-hydroxylation sites is 2. The van der Waals surface area contributed by atoms with E-state index in [-0.39, 0.29) is 12.3 Å². The molecule has 0 fully saturated rings. The predicted octanol–water partition coefficient (Wildman–Crippen LogP) is 4.56. The summed E-state index contributed by atoms with van der Waals surface area (Å²) in [5.74, 6) is 1.25. The zero-order valence-electron chi connectivity index (χ0n) is 13.3. The normalized spacial score (nSPS) is 10.2. The van der Waals surface area contributed by atoms with Gasteiger partial charge in [-0.2, -0.15) is 0 Å². The molecule has 5 heteroatoms. The smallest absolute Gasteiger partial charge is 0.227 e. The molecule has 4 nitrogen and oxygen atoms in total. The summed E-state index contributed by atoms with van der Waals surface area (Å²) >= 11 is 3.44. The summed E-state index contributed by atoms with van der Waals surface area (Å²) in [7, 11) is 0. The summed E-state index contributed by atoms with van der Waals surface area (Å²) in [5.41, 5.74) is 1.89. The van der Waals surface area contributed by atoms with Gasteiger partial charge in [0.25, 0.3) is 0 Å². The molecular formula is C18H20BrNO3. The maximum absolute atomic E-state index is 12.0. The van der Waals surface area contributed by atoms with Gasteiger partial charge in [0.05, 0.1) is 25.3 Å². The molecule has 0 heterocycles. The van der Waals surface area contributed by atoms with Gasteiger partial charge in [-0.1, -0.05) is 18.2 Å². The highest BCUT2D eigenvalue weighted by Gasteiger charge is 2.08. The van der Waals surface area contributed by atoms with Gasteiger partial charge in [0.2, 0.25) is 5.91 Å². The molecule has 2 aromatic carbocycles. The SMILES string of the molecule is CCOc1ccccc1OCCC(=O)Nc1ccc(C)cc1Br. The van der Waals surface area contributed by atoms with E-state index in [0.717, 1.165) is 15.7 Å². The van der Waals surface area contributed by atoms with Crippen molar-refractivity contribution in [3.63, 3.8) is 0 Å². The lowest BCUT2D eigenvalue weighted by atomic mass is 10.2. The quantitative estimate of drug-likeness (QED) is 0.768. The Morgan fingerprint density at radius 1 is 1.13 bits per heavy atom. The van der Waals surface area contributed by atoms with Gasteiger partial charge in [-0.15, -0.1) is 0 Å². The minimum absolute atomic E-state index is 0.0940. The van der Waals surface area contributed by atoms with Gasteiger partial charge in [0.1, 0.15) is 0 Å². The van der Waals surface area contributed by atoms with Crippen molar-refractivity contribution in [1.29, 1.82) is 0 Å². The number of carbonyl (C=O) groups excluding carboxylic acids is 1. The van der Waals surface area contributed by atoms with E-state index in [1.165, 1.54) is 0 Å². The summed E-state index contributed by atoms with van der Waals surface area (Å²) in [6.45, 7) is 4.78. The standard InChI is InChI=1S/C18H20BrNO3/c1-3-22-16-6-4-5-7-17(16)23-11-10-18(21)20-15-9-8-13(2)12-14(15)19/h4-9,12H,3,10-11H2,1-2H3,(H,20,21). The second-order valence-corrected chi connectivity index (χ2v) is 5.86. The fourth-order valence-electron chi connectivity index (χ4n) is 2.03. The molecule has 1 amide bonds. The van der Waals surface area contributed by atoms with Crippen molar-refractivity contribution in [1.82, 2.24) is 0 Å². The largest absolute Gasteiger partial charge is 0.490 e. The van der Waals surface area contributed by atoms with Crippen LogP contribution in [0.2, 0.25) is 0 Å². The van der Waals surface area contributed by atoms with Crippen molar-refractivity contribution in [3.8, 4) is 11.5 Å². The molecule has 0 aliphatic rings. The molecule has 23 heavy (non-hydrogen) atoms. The number of hydrogen-bond donors (Lipinski definition) is 1. The number of nitrogens with one attached hydrogen (secondary N) is 1. The highest BCUT2D eigenvalue weighted by atomic mass is 79.9. The van der Waals surface area contributed by atoms with Crippen molar-refractivity contribution >= 4 is 27.5 Å². The first kappa shape index (κ1) is 17.3. The number of anilines is 1. The molecule has 2 rings (SSSR count). The van der Waals surface area contributed by atoms with E-state index in [1.54, 1.807) is 0 Å². The molecule has 0 atom stereocenters. The van der Waals surface area contributed by atoms with Gasteiger partial charge >= 0.3 is 0 Å². The first-order chi connectivity index (χ1) is 11.1. The van der Waals surface area contributed by atoms with Crippen LogP contribution in [0.5, 0.6) is 11.5 Å². The van der Waals surface area contributed by atoms with Gasteiger partial charge in [-0.05, 0) is 59.6 Å². The second-order valence-electron chi connectivity index (χ2n) is 5.01. The monoisotopic (exact) mass is 377 g/mol. The lowest BCUT2D eigenvalue weighted by Gasteiger charge is -2.12. The average Bonchev–Trinajstić information content (AvgIpc) is 2.52. The number of benzene rings is 2. The molecule has 0 aliphatic heterocycles. The van der Waals surface area contributed by atoms with Crippen LogP contribution in [0.3, 0.4) is 0 Å². The molecule has 0 aromatic heterocycles. The Hall–Kier alpha value is -2.01. The number of amides is 1. The highest BCUT2D eigenvalue weighted by molar-refractivity contribution is 9.10. The number of ether oxygens (including phenoxy) is 2. The molecule has 0 spiro atoms. The molecule has 1 N–H and O–H groups in total. The van der Waals surface area contributed by atoms with Crippen molar-refractivity contribution < 1.29 is 14.3 Å². The third kappa shape index (κ3) is 5.28. The Kier molecular flexibility index (Phi) is 6.47. The number of hydrogen-bond acceptors (Lipinski definition) is 3. The van der Waals surface area contributed by atoms with Crippen LogP contribution >= 0.6 is 15.9 Å². The van der Waals surface area contributed by atoms with E-state index in [9.17, 15) is 4.79 Å². The molecule has 122 valence electrons. The minimum atomic E-state index is -0.0940. The van der Waals surface area contributed by atoms with E-state index >= 15 is 0 Å². The fourth-order valence-corrected chi connectivity index (χ4v) is 2.62. The lowest BCUT2D eigenvalue weighted by molar-refractivity contribution is -0.116. The molecule has 0 saturated carbocycles. The molecule has 0 saturated heterocycles. The van der Waals surface area contributed by atoms with E-state index in [2.05, 4.69) is 21.2 Å². The van der Waals surface area contributed by atoms with E-state index < -0.39 is 0 Å². The van der Waals surface area contributed by atoms with Crippen molar-refractivity contribution in [2.75, 3.05) is 18.5 Å². The van der Waals surface area contributed by atoms with Gasteiger partial charge < -0.3 is 14.8 Å². The van der Waals surface area contributed by atoms with Crippen LogP contribution in [0.4, 0.5) is 5.69 Å². The zero-order chi connectivity index (χ0) is 16.7. The van der Waals surface area contributed by atoms with Crippen molar-refractivity contribution in [3.05, 3.63) is 52.5 Å². The van der Waals surface area contributed by atoms with Crippen LogP contribution in [0.25, 0.3) is 0 Å². The Morgan fingerprint density at radius 2 is 1.83 bits per heavy atom. The van der Waals surface area contributed by atoms with Crippen LogP contribution in [0, 0.1) is 6.92 Å². The number of halogens is 1. The molecule has 2 aromatic rings. The number of aryl methyl sites for hydroxylation is 1. The Morgan fingerprint density at radius 3 is 2.48 bits per heavy atom. The van der Waals surface area contributed by atoms with E-state index in [0.29, 0.717) is 24.7 Å². The summed E-state index contributed by atoms with van der Waals surface area (Å²) in [5, 5.41) is 2.87. The molecule has 0 bridgehead atoms. The van der Waals surface area contributed by atoms with Crippen LogP contribution in [0.15, 0.2) is 46.9 Å². The zero-order valence-corrected chi connectivity index (χ0v) is 14.9. The molecular weight excluding hydrogens is 358 g/mol. The number of rotatable bonds is 7. The van der Waals surface area contributed by atoms with Crippen LogP contribution < -0.4 is 14.8 Å². The van der Waals surface area contributed by atoms with Crippen molar-refractivity contribution in [2.45, 2.75) is 20.3 Å². The summed E-state index contributed by atoms with van der Waals surface area (Å²) in [4.78, 5) is 12.0. The summed E-state index contributed by atoms with van der Waals surface area (Å²) < 4.78 is 12.0. The van der Waals surface area contributed by atoms with Gasteiger partial charge in [-0.25, -0.2) is 0 Å². The first-order valence-electron chi connectivity index (χ1n) is 7.50. The van der Waals surface area contributed by atoms with Crippen LogP contribution in [-0.4, -0.2) is 19.1 Å². The molecule has 0 unspecified atom stereocenters. The first-order valence-corrected chi connectivity index (χ1v) is 8.30. The topological polar surface area (TPSA) is 47.6 Å². The Labute approximate surface area is 144 Å². The maximum Gasteiger partial charge on any atom is 0.227 e. The predicted molar refractivity (Wildman–Crippen MR) is 95.2 cm³/mol.